The number of benzene rings is 2. The Morgan fingerprint density at radius 3 is 2.46 bits per heavy atom. The average molecular weight is 402 g/mol. The van der Waals surface area contributed by atoms with Crippen molar-refractivity contribution in [2.45, 2.75) is 4.90 Å². The third-order valence-corrected chi connectivity index (χ3v) is 4.66. The topological polar surface area (TPSA) is 136 Å². The normalized spacial score (nSPS) is 10.2. The summed E-state index contributed by atoms with van der Waals surface area (Å²) in [5.74, 6) is -1.46. The van der Waals surface area contributed by atoms with Crippen molar-refractivity contribution < 1.29 is 19.3 Å². The van der Waals surface area contributed by atoms with Gasteiger partial charge in [-0.15, -0.1) is 11.8 Å². The highest BCUT2D eigenvalue weighted by Crippen LogP contribution is 2.30. The van der Waals surface area contributed by atoms with Crippen LogP contribution in [-0.2, 0) is 4.79 Å². The fraction of sp³-hybridized carbons (Fsp3) is 0.167. The van der Waals surface area contributed by atoms with Crippen molar-refractivity contribution in [3.05, 3.63) is 63.7 Å². The van der Waals surface area contributed by atoms with E-state index in [1.54, 1.807) is 38.4 Å². The van der Waals surface area contributed by atoms with Crippen LogP contribution in [0.5, 0.6) is 0 Å². The fourth-order valence-electron chi connectivity index (χ4n) is 2.26. The van der Waals surface area contributed by atoms with Gasteiger partial charge in [0.15, 0.2) is 0 Å². The van der Waals surface area contributed by atoms with Gasteiger partial charge >= 0.3 is 0 Å². The number of hydrogen-bond acceptors (Lipinski definition) is 6. The molecule has 0 aliphatic heterocycles. The molecule has 0 heterocycles. The lowest BCUT2D eigenvalue weighted by molar-refractivity contribution is -0.387. The van der Waals surface area contributed by atoms with Gasteiger partial charge in [-0.3, -0.25) is 24.5 Å². The van der Waals surface area contributed by atoms with E-state index in [1.165, 1.54) is 17.0 Å². The third kappa shape index (κ3) is 5.30. The minimum Gasteiger partial charge on any atom is -0.366 e. The lowest BCUT2D eigenvalue weighted by Gasteiger charge is -2.11. The number of thioether (sulfide) groups is 1. The quantitative estimate of drug-likeness (QED) is 0.414. The summed E-state index contributed by atoms with van der Waals surface area (Å²) in [7, 11) is 3.25. The molecule has 10 heteroatoms. The smallest absolute Gasteiger partial charge is 0.283 e. The first-order chi connectivity index (χ1) is 13.2. The van der Waals surface area contributed by atoms with Gasteiger partial charge in [0.25, 0.3) is 11.6 Å². The molecule has 146 valence electrons. The largest absolute Gasteiger partial charge is 0.366 e. The van der Waals surface area contributed by atoms with Crippen LogP contribution in [0.2, 0.25) is 0 Å². The van der Waals surface area contributed by atoms with Gasteiger partial charge in [-0.25, -0.2) is 0 Å². The Labute approximate surface area is 165 Å². The van der Waals surface area contributed by atoms with Crippen LogP contribution in [0.1, 0.15) is 20.7 Å². The van der Waals surface area contributed by atoms with Crippen molar-refractivity contribution in [2.24, 2.45) is 5.73 Å². The van der Waals surface area contributed by atoms with Gasteiger partial charge in [0.2, 0.25) is 11.8 Å². The number of nitrogens with zero attached hydrogens (tertiary/aromatic N) is 2. The molecule has 0 atom stereocenters. The monoisotopic (exact) mass is 402 g/mol. The van der Waals surface area contributed by atoms with Crippen LogP contribution in [0.15, 0.2) is 47.4 Å². The number of carbonyl (C=O) groups excluding carboxylic acids is 3. The number of hydrogen-bond donors (Lipinski definition) is 2. The molecular formula is C18H18N4O5S. The summed E-state index contributed by atoms with van der Waals surface area (Å²) in [6.07, 6.45) is 0. The number of nitro groups is 1. The molecule has 0 aliphatic carbocycles. The molecule has 2 aromatic rings. The number of primary amides is 1. The van der Waals surface area contributed by atoms with E-state index in [4.69, 9.17) is 5.73 Å². The van der Waals surface area contributed by atoms with E-state index in [0.717, 1.165) is 17.8 Å². The van der Waals surface area contributed by atoms with Crippen molar-refractivity contribution >= 4 is 40.9 Å². The van der Waals surface area contributed by atoms with Crippen LogP contribution in [-0.4, -0.2) is 47.4 Å². The summed E-state index contributed by atoms with van der Waals surface area (Å²) in [4.78, 5) is 47.6. The molecule has 0 saturated carbocycles. The van der Waals surface area contributed by atoms with E-state index < -0.39 is 16.7 Å². The Kier molecular flexibility index (Phi) is 6.72. The van der Waals surface area contributed by atoms with Crippen molar-refractivity contribution in [3.8, 4) is 0 Å². The second kappa shape index (κ2) is 9.00. The number of nitro benzene ring substituents is 1. The molecule has 0 saturated heterocycles. The van der Waals surface area contributed by atoms with Crippen molar-refractivity contribution in [3.63, 3.8) is 0 Å². The maximum Gasteiger partial charge on any atom is 0.283 e. The highest BCUT2D eigenvalue weighted by atomic mass is 32.2. The predicted octanol–water partition coefficient (Wildman–Crippen LogP) is 2.13. The van der Waals surface area contributed by atoms with Gasteiger partial charge in [0, 0.05) is 37.0 Å². The molecule has 3 amide bonds. The van der Waals surface area contributed by atoms with Crippen LogP contribution >= 0.6 is 11.8 Å². The van der Waals surface area contributed by atoms with Gasteiger partial charge in [0.05, 0.1) is 15.6 Å². The number of rotatable bonds is 7. The third-order valence-electron chi connectivity index (χ3n) is 3.60. The fourth-order valence-corrected chi connectivity index (χ4v) is 3.07. The lowest BCUT2D eigenvalue weighted by Crippen LogP contribution is -2.22. The molecule has 28 heavy (non-hydrogen) atoms. The molecule has 0 spiro atoms. The molecule has 2 aromatic carbocycles. The predicted molar refractivity (Wildman–Crippen MR) is 105 cm³/mol. The van der Waals surface area contributed by atoms with E-state index in [1.807, 2.05) is 0 Å². The minimum atomic E-state index is -0.774. The van der Waals surface area contributed by atoms with E-state index in [9.17, 15) is 24.5 Å². The summed E-state index contributed by atoms with van der Waals surface area (Å²) in [5, 5.41) is 13.8. The second-order valence-corrected chi connectivity index (χ2v) is 6.94. The number of anilines is 1. The Morgan fingerprint density at radius 1 is 1.14 bits per heavy atom. The molecule has 9 nitrogen and oxygen atoms in total. The molecule has 0 aliphatic rings. The summed E-state index contributed by atoms with van der Waals surface area (Å²) >= 11 is 0.958. The number of nitrogens with one attached hydrogen (secondary N) is 1. The Morgan fingerprint density at radius 2 is 1.86 bits per heavy atom. The highest BCUT2D eigenvalue weighted by Gasteiger charge is 2.18. The first-order valence-corrected chi connectivity index (χ1v) is 9.00. The van der Waals surface area contributed by atoms with E-state index in [-0.39, 0.29) is 27.8 Å². The standard InChI is InChI=1S/C18H18N4O5S/c1-21(2)18(25)12-4-3-5-13(8-12)20-16(23)10-28-15-7-6-11(17(19)24)9-14(15)22(26)27/h3-9H,10H2,1-2H3,(H2,19,24)(H,20,23). The Hall–Kier alpha value is -3.40. The van der Waals surface area contributed by atoms with E-state index in [2.05, 4.69) is 5.32 Å². The first kappa shape index (κ1) is 20.9. The molecule has 0 radical (unpaired) electrons. The van der Waals surface area contributed by atoms with Crippen LogP contribution in [0.25, 0.3) is 0 Å². The molecular weight excluding hydrogens is 384 g/mol. The van der Waals surface area contributed by atoms with Crippen molar-refractivity contribution in [1.29, 1.82) is 0 Å². The summed E-state index contributed by atoms with van der Waals surface area (Å²) in [6.45, 7) is 0. The maximum absolute atomic E-state index is 12.2. The molecule has 0 unspecified atom stereocenters. The van der Waals surface area contributed by atoms with Gasteiger partial charge < -0.3 is 16.0 Å². The summed E-state index contributed by atoms with van der Waals surface area (Å²) < 4.78 is 0. The van der Waals surface area contributed by atoms with E-state index >= 15 is 0 Å². The maximum atomic E-state index is 12.2. The average Bonchev–Trinajstić information content (AvgIpc) is 2.65. The highest BCUT2D eigenvalue weighted by molar-refractivity contribution is 8.00. The Balaban J connectivity index is 2.07. The molecule has 0 bridgehead atoms. The van der Waals surface area contributed by atoms with Gasteiger partial charge in [-0.1, -0.05) is 6.07 Å². The van der Waals surface area contributed by atoms with Crippen LogP contribution in [0, 0.1) is 10.1 Å². The molecule has 0 fully saturated rings. The Bertz CT molecular complexity index is 945. The van der Waals surface area contributed by atoms with Gasteiger partial charge in [0.1, 0.15) is 0 Å². The number of carbonyl (C=O) groups is 3. The van der Waals surface area contributed by atoms with Gasteiger partial charge in [-0.2, -0.15) is 0 Å². The van der Waals surface area contributed by atoms with E-state index in [0.29, 0.717) is 11.3 Å². The lowest BCUT2D eigenvalue weighted by atomic mass is 10.2. The molecule has 0 aromatic heterocycles. The zero-order valence-corrected chi connectivity index (χ0v) is 16.0. The number of amides is 3. The minimum absolute atomic E-state index is 0.0166. The number of nitrogens with two attached hydrogens (primary N) is 1. The SMILES string of the molecule is CN(C)C(=O)c1cccc(NC(=O)CSc2ccc(C(N)=O)cc2[N+](=O)[O-])c1. The zero-order chi connectivity index (χ0) is 20.8. The van der Waals surface area contributed by atoms with Crippen molar-refractivity contribution in [2.75, 3.05) is 25.2 Å². The first-order valence-electron chi connectivity index (χ1n) is 8.01. The summed E-state index contributed by atoms with van der Waals surface area (Å²) in [5.41, 5.74) is 5.72. The van der Waals surface area contributed by atoms with Crippen LogP contribution in [0.4, 0.5) is 11.4 Å². The van der Waals surface area contributed by atoms with Crippen LogP contribution in [0.3, 0.4) is 0 Å². The summed E-state index contributed by atoms with van der Waals surface area (Å²) in [6, 6.07) is 10.3. The second-order valence-electron chi connectivity index (χ2n) is 5.92. The van der Waals surface area contributed by atoms with Crippen LogP contribution < -0.4 is 11.1 Å². The van der Waals surface area contributed by atoms with Gasteiger partial charge in [-0.05, 0) is 30.3 Å². The van der Waals surface area contributed by atoms with Crippen molar-refractivity contribution in [1.82, 2.24) is 4.90 Å². The zero-order valence-electron chi connectivity index (χ0n) is 15.2. The molecule has 3 N–H and O–H groups in total. The molecule has 2 rings (SSSR count).